The van der Waals surface area contributed by atoms with Crippen LogP contribution < -0.4 is 5.32 Å². The van der Waals surface area contributed by atoms with Gasteiger partial charge in [-0.2, -0.15) is 13.2 Å². The molecule has 1 aliphatic carbocycles. The van der Waals surface area contributed by atoms with Crippen molar-refractivity contribution >= 4 is 22.6 Å². The Kier molecular flexibility index (Phi) is 5.81. The molecule has 3 unspecified atom stereocenters. The molecule has 1 saturated carbocycles. The first kappa shape index (κ1) is 21.5. The third kappa shape index (κ3) is 4.34. The van der Waals surface area contributed by atoms with E-state index in [1.165, 1.54) is 4.90 Å². The number of benzene rings is 2. The van der Waals surface area contributed by atoms with Crippen molar-refractivity contribution in [3.8, 4) is 5.75 Å². The smallest absolute Gasteiger partial charge is 0.391 e. The van der Waals surface area contributed by atoms with Crippen LogP contribution in [0, 0.1) is 5.92 Å². The Balaban J connectivity index is 1.48. The largest absolute Gasteiger partial charge is 0.506 e. The molecule has 0 radical (unpaired) electrons. The lowest BCUT2D eigenvalue weighted by Crippen LogP contribution is -2.50. The summed E-state index contributed by atoms with van der Waals surface area (Å²) in [4.78, 5) is 27.4. The second kappa shape index (κ2) is 8.40. The summed E-state index contributed by atoms with van der Waals surface area (Å²) in [5.74, 6) is -2.39. The Morgan fingerprint density at radius 2 is 1.81 bits per heavy atom. The highest BCUT2D eigenvalue weighted by molar-refractivity contribution is 6.05. The van der Waals surface area contributed by atoms with E-state index in [1.54, 1.807) is 24.3 Å². The molecule has 2 N–H and O–H groups in total. The number of aromatic hydroxyl groups is 1. The van der Waals surface area contributed by atoms with E-state index in [0.29, 0.717) is 37.6 Å². The number of amides is 2. The fourth-order valence-corrected chi connectivity index (χ4v) is 4.78. The maximum atomic E-state index is 13.1. The summed E-state index contributed by atoms with van der Waals surface area (Å²) in [7, 11) is 0. The first-order chi connectivity index (χ1) is 14.8. The van der Waals surface area contributed by atoms with Gasteiger partial charge in [-0.05, 0) is 43.6 Å². The molecule has 4 rings (SSSR count). The van der Waals surface area contributed by atoms with E-state index in [2.05, 4.69) is 5.32 Å². The highest BCUT2D eigenvalue weighted by Crippen LogP contribution is 2.38. The van der Waals surface area contributed by atoms with Crippen LogP contribution in [0.15, 0.2) is 36.4 Å². The Hall–Kier alpha value is -2.77. The van der Waals surface area contributed by atoms with Gasteiger partial charge < -0.3 is 15.3 Å². The molecule has 1 heterocycles. The predicted octanol–water partition coefficient (Wildman–Crippen LogP) is 4.39. The number of fused-ring (bicyclic) bond motifs is 1. The fraction of sp³-hybridized carbons (Fsp3) is 0.478. The molecule has 2 fully saturated rings. The number of carbonyl (C=O) groups excluding carboxylic acids is 2. The highest BCUT2D eigenvalue weighted by atomic mass is 19.4. The van der Waals surface area contributed by atoms with Crippen molar-refractivity contribution in [1.82, 2.24) is 10.2 Å². The van der Waals surface area contributed by atoms with Gasteiger partial charge in [0, 0.05) is 18.0 Å². The molecule has 0 bridgehead atoms. The number of rotatable bonds is 3. The van der Waals surface area contributed by atoms with Crippen LogP contribution in [0.4, 0.5) is 13.2 Å². The SMILES string of the molecule is O=C(NC1CCCC(C(F)(F)F)C1)C1CCCN1C(=O)c1ccc2ccccc2c1O. The minimum atomic E-state index is -4.26. The van der Waals surface area contributed by atoms with E-state index >= 15 is 0 Å². The zero-order valence-electron chi connectivity index (χ0n) is 17.0. The standard InChI is InChI=1S/C23H25F3N2O3/c24-23(25,26)15-6-3-7-16(13-15)27-21(30)19-9-4-12-28(19)22(31)18-11-10-14-5-1-2-8-17(14)20(18)29/h1-2,5,8,10-11,15-16,19,29H,3-4,6-7,9,12-13H2,(H,27,30). The van der Waals surface area contributed by atoms with Crippen molar-refractivity contribution in [2.24, 2.45) is 5.92 Å². The molecule has 2 aromatic carbocycles. The van der Waals surface area contributed by atoms with Crippen molar-refractivity contribution in [3.63, 3.8) is 0 Å². The highest BCUT2D eigenvalue weighted by Gasteiger charge is 2.43. The normalized spacial score (nSPS) is 24.4. The van der Waals surface area contributed by atoms with Crippen LogP contribution in [0.25, 0.3) is 10.8 Å². The van der Waals surface area contributed by atoms with Crippen molar-refractivity contribution in [1.29, 1.82) is 0 Å². The summed E-state index contributed by atoms with van der Waals surface area (Å²) in [6, 6.07) is 9.14. The minimum Gasteiger partial charge on any atom is -0.506 e. The lowest BCUT2D eigenvalue weighted by molar-refractivity contribution is -0.184. The van der Waals surface area contributed by atoms with Crippen molar-refractivity contribution in [2.75, 3.05) is 6.54 Å². The van der Waals surface area contributed by atoms with Gasteiger partial charge >= 0.3 is 6.18 Å². The number of hydrogen-bond donors (Lipinski definition) is 2. The van der Waals surface area contributed by atoms with Gasteiger partial charge in [0.2, 0.25) is 5.91 Å². The van der Waals surface area contributed by atoms with Gasteiger partial charge in [0.25, 0.3) is 5.91 Å². The number of carbonyl (C=O) groups is 2. The number of halogens is 3. The average molecular weight is 434 g/mol. The summed E-state index contributed by atoms with van der Waals surface area (Å²) in [5, 5.41) is 14.7. The van der Waals surface area contributed by atoms with Crippen LogP contribution in [0.2, 0.25) is 0 Å². The van der Waals surface area contributed by atoms with E-state index < -0.39 is 36.0 Å². The van der Waals surface area contributed by atoms with Gasteiger partial charge in [-0.25, -0.2) is 0 Å². The number of phenols is 1. The molecule has 0 spiro atoms. The molecule has 0 aromatic heterocycles. The molecule has 5 nitrogen and oxygen atoms in total. The van der Waals surface area contributed by atoms with Gasteiger partial charge in [-0.1, -0.05) is 36.8 Å². The lowest BCUT2D eigenvalue weighted by Gasteiger charge is -2.32. The van der Waals surface area contributed by atoms with Crippen LogP contribution >= 0.6 is 0 Å². The molecule has 8 heteroatoms. The number of nitrogens with zero attached hydrogens (tertiary/aromatic N) is 1. The number of phenolic OH excluding ortho intramolecular Hbond substituents is 1. The summed E-state index contributed by atoms with van der Waals surface area (Å²) in [5.41, 5.74) is 0.119. The summed E-state index contributed by atoms with van der Waals surface area (Å²) in [6.07, 6.45) is -2.31. The second-order valence-electron chi connectivity index (χ2n) is 8.45. The summed E-state index contributed by atoms with van der Waals surface area (Å²) < 4.78 is 39.2. The first-order valence-electron chi connectivity index (χ1n) is 10.6. The van der Waals surface area contributed by atoms with Crippen molar-refractivity contribution in [3.05, 3.63) is 42.0 Å². The topological polar surface area (TPSA) is 69.6 Å². The maximum absolute atomic E-state index is 13.1. The van der Waals surface area contributed by atoms with Gasteiger partial charge in [-0.15, -0.1) is 0 Å². The Morgan fingerprint density at radius 1 is 1.03 bits per heavy atom. The van der Waals surface area contributed by atoms with Crippen molar-refractivity contribution < 1.29 is 27.9 Å². The molecule has 31 heavy (non-hydrogen) atoms. The van der Waals surface area contributed by atoms with Gasteiger partial charge in [0.15, 0.2) is 0 Å². The summed E-state index contributed by atoms with van der Waals surface area (Å²) in [6.45, 7) is 0.360. The number of likely N-dealkylation sites (tertiary alicyclic amines) is 1. The quantitative estimate of drug-likeness (QED) is 0.753. The van der Waals surface area contributed by atoms with Gasteiger partial charge in [-0.3, -0.25) is 9.59 Å². The zero-order chi connectivity index (χ0) is 22.2. The Labute approximate surface area is 178 Å². The van der Waals surface area contributed by atoms with Crippen LogP contribution in [0.3, 0.4) is 0 Å². The van der Waals surface area contributed by atoms with E-state index in [-0.39, 0.29) is 24.2 Å². The number of alkyl halides is 3. The monoisotopic (exact) mass is 434 g/mol. The Bertz CT molecular complexity index is 992. The average Bonchev–Trinajstić information content (AvgIpc) is 3.23. The number of hydrogen-bond acceptors (Lipinski definition) is 3. The van der Waals surface area contributed by atoms with E-state index in [1.807, 2.05) is 12.1 Å². The summed E-state index contributed by atoms with van der Waals surface area (Å²) >= 11 is 0. The third-order valence-corrected chi connectivity index (χ3v) is 6.43. The molecular formula is C23H25F3N2O3. The lowest BCUT2D eigenvalue weighted by atomic mass is 9.85. The van der Waals surface area contributed by atoms with E-state index in [4.69, 9.17) is 0 Å². The zero-order valence-corrected chi connectivity index (χ0v) is 17.0. The Morgan fingerprint density at radius 3 is 2.58 bits per heavy atom. The molecule has 2 aliphatic rings. The van der Waals surface area contributed by atoms with Crippen LogP contribution in [-0.4, -0.2) is 46.6 Å². The molecule has 3 atom stereocenters. The van der Waals surface area contributed by atoms with Crippen LogP contribution in [0.1, 0.15) is 48.9 Å². The maximum Gasteiger partial charge on any atom is 0.391 e. The number of nitrogens with one attached hydrogen (secondary N) is 1. The van der Waals surface area contributed by atoms with E-state index in [9.17, 15) is 27.9 Å². The predicted molar refractivity (Wildman–Crippen MR) is 110 cm³/mol. The molecule has 2 amide bonds. The first-order valence-corrected chi connectivity index (χ1v) is 10.6. The van der Waals surface area contributed by atoms with Gasteiger partial charge in [0.1, 0.15) is 11.8 Å². The molecule has 166 valence electrons. The third-order valence-electron chi connectivity index (χ3n) is 6.43. The molecule has 1 saturated heterocycles. The van der Waals surface area contributed by atoms with Crippen molar-refractivity contribution in [2.45, 2.75) is 56.8 Å². The minimum absolute atomic E-state index is 0.0884. The van der Waals surface area contributed by atoms with Crippen LogP contribution in [-0.2, 0) is 4.79 Å². The van der Waals surface area contributed by atoms with Crippen LogP contribution in [0.5, 0.6) is 5.75 Å². The fourth-order valence-electron chi connectivity index (χ4n) is 4.78. The second-order valence-corrected chi connectivity index (χ2v) is 8.45. The van der Waals surface area contributed by atoms with Gasteiger partial charge in [0.05, 0.1) is 11.5 Å². The molecular weight excluding hydrogens is 409 g/mol. The molecule has 2 aromatic rings. The molecule has 1 aliphatic heterocycles. The van der Waals surface area contributed by atoms with E-state index in [0.717, 1.165) is 5.39 Å².